The molecule has 0 fully saturated rings. The van der Waals surface area contributed by atoms with Gasteiger partial charge in [0.25, 0.3) is 0 Å². The van der Waals surface area contributed by atoms with E-state index in [1.54, 1.807) is 19.0 Å². The van der Waals surface area contributed by atoms with Gasteiger partial charge in [0.05, 0.1) is 0 Å². The second kappa shape index (κ2) is 3.95. The maximum absolute atomic E-state index is 10.9. The van der Waals surface area contributed by atoms with Crippen LogP contribution < -0.4 is 0 Å². The van der Waals surface area contributed by atoms with E-state index >= 15 is 0 Å². The molecule has 11 heavy (non-hydrogen) atoms. The Balaban J connectivity index is 4.41. The van der Waals surface area contributed by atoms with Crippen LogP contribution in [-0.2, 0) is 4.79 Å². The summed E-state index contributed by atoms with van der Waals surface area (Å²) in [6.07, 6.45) is 0. The van der Waals surface area contributed by atoms with Crippen LogP contribution in [0.3, 0.4) is 0 Å². The Morgan fingerprint density at radius 1 is 1.27 bits per heavy atom. The average Bonchev–Trinajstić information content (AvgIpc) is 1.88. The first kappa shape index (κ1) is 9.94. The van der Waals surface area contributed by atoms with Gasteiger partial charge in [-0.15, -0.1) is 0 Å². The monoisotopic (exact) mass is 157 g/mol. The summed E-state index contributed by atoms with van der Waals surface area (Å²) in [5.41, 5.74) is 0. The van der Waals surface area contributed by atoms with Crippen molar-refractivity contribution in [2.75, 3.05) is 28.2 Å². The van der Waals surface area contributed by atoms with Crippen LogP contribution in [-0.4, -0.2) is 49.9 Å². The Morgan fingerprint density at radius 2 is 1.73 bits per heavy atom. The van der Waals surface area contributed by atoms with Crippen LogP contribution in [0.4, 0.5) is 0 Å². The van der Waals surface area contributed by atoms with Gasteiger partial charge in [-0.3, -0.25) is 14.7 Å². The van der Waals surface area contributed by atoms with E-state index in [2.05, 4.69) is 4.99 Å². The Morgan fingerprint density at radius 3 is 1.82 bits per heavy atom. The molecule has 0 atom stereocenters. The van der Waals surface area contributed by atoms with E-state index in [0.717, 1.165) is 0 Å². The lowest BCUT2D eigenvalue weighted by molar-refractivity contribution is -0.124. The van der Waals surface area contributed by atoms with E-state index in [1.165, 1.54) is 11.8 Å². The third-order valence-corrected chi connectivity index (χ3v) is 1.37. The van der Waals surface area contributed by atoms with E-state index < -0.39 is 0 Å². The zero-order valence-corrected chi connectivity index (χ0v) is 7.75. The molecule has 0 bridgehead atoms. The molecule has 0 radical (unpaired) electrons. The van der Waals surface area contributed by atoms with Crippen molar-refractivity contribution in [2.24, 2.45) is 4.99 Å². The molecular weight excluding hydrogens is 142 g/mol. The molecule has 0 rings (SSSR count). The van der Waals surface area contributed by atoms with Gasteiger partial charge in [0.15, 0.2) is 0 Å². The van der Waals surface area contributed by atoms with Crippen molar-refractivity contribution in [1.82, 2.24) is 9.80 Å². The fraction of sp³-hybridized carbons (Fsp3) is 0.714. The van der Waals surface area contributed by atoms with Crippen molar-refractivity contribution >= 4 is 11.9 Å². The van der Waals surface area contributed by atoms with E-state index in [4.69, 9.17) is 0 Å². The fourth-order valence-electron chi connectivity index (χ4n) is 0.791. The van der Waals surface area contributed by atoms with Crippen molar-refractivity contribution in [2.45, 2.75) is 6.92 Å². The average molecular weight is 157 g/mol. The van der Waals surface area contributed by atoms with Crippen LogP contribution in [0.2, 0.25) is 0 Å². The molecule has 0 aromatic carbocycles. The van der Waals surface area contributed by atoms with Gasteiger partial charge >= 0.3 is 0 Å². The number of hydrogen-bond acceptors (Lipinski definition) is 2. The predicted octanol–water partition coefficient (Wildman–Crippen LogP) is 0.0121. The van der Waals surface area contributed by atoms with Crippen LogP contribution in [0.1, 0.15) is 6.92 Å². The van der Waals surface area contributed by atoms with Gasteiger partial charge in [-0.05, 0) is 0 Å². The molecule has 0 saturated heterocycles. The summed E-state index contributed by atoms with van der Waals surface area (Å²) in [6.45, 7) is 1.51. The lowest BCUT2D eigenvalue weighted by atomic mass is 10.6. The highest BCUT2D eigenvalue weighted by atomic mass is 16.2. The van der Waals surface area contributed by atoms with Crippen LogP contribution in [0.5, 0.6) is 0 Å². The molecule has 0 aliphatic carbocycles. The molecule has 0 unspecified atom stereocenters. The van der Waals surface area contributed by atoms with Crippen LogP contribution >= 0.6 is 0 Å². The number of carbonyl (C=O) groups is 1. The second-order valence-electron chi connectivity index (χ2n) is 2.50. The van der Waals surface area contributed by atoms with Crippen molar-refractivity contribution < 1.29 is 4.79 Å². The zero-order valence-electron chi connectivity index (χ0n) is 7.75. The SMILES string of the molecule is CN=C(N(C)C)N(C)C(C)=O. The first-order valence-corrected chi connectivity index (χ1v) is 3.39. The molecule has 0 aliphatic heterocycles. The first-order chi connectivity index (χ1) is 5.00. The summed E-state index contributed by atoms with van der Waals surface area (Å²) < 4.78 is 0. The normalized spacial score (nSPS) is 11.2. The highest BCUT2D eigenvalue weighted by Gasteiger charge is 2.10. The first-order valence-electron chi connectivity index (χ1n) is 3.39. The van der Waals surface area contributed by atoms with Crippen molar-refractivity contribution in [1.29, 1.82) is 0 Å². The quantitative estimate of drug-likeness (QED) is 0.367. The Kier molecular flexibility index (Phi) is 3.57. The summed E-state index contributed by atoms with van der Waals surface area (Å²) in [4.78, 5) is 18.1. The number of nitrogens with zero attached hydrogens (tertiary/aromatic N) is 3. The van der Waals surface area contributed by atoms with Crippen LogP contribution in [0.15, 0.2) is 4.99 Å². The summed E-state index contributed by atoms with van der Waals surface area (Å²) in [5.74, 6) is 0.650. The minimum Gasteiger partial charge on any atom is -0.349 e. The number of hydrogen-bond donors (Lipinski definition) is 0. The third-order valence-electron chi connectivity index (χ3n) is 1.37. The molecule has 0 heterocycles. The summed E-state index contributed by atoms with van der Waals surface area (Å²) in [6, 6.07) is 0. The Bertz CT molecular complexity index is 175. The van der Waals surface area contributed by atoms with E-state index in [1.807, 2.05) is 14.1 Å². The summed E-state index contributed by atoms with van der Waals surface area (Å²) in [5, 5.41) is 0. The van der Waals surface area contributed by atoms with Gasteiger partial charge in [0.1, 0.15) is 0 Å². The molecule has 0 aromatic heterocycles. The second-order valence-corrected chi connectivity index (χ2v) is 2.50. The molecule has 64 valence electrons. The molecule has 0 spiro atoms. The standard InChI is InChI=1S/C7H15N3O/c1-6(11)10(5)7(8-2)9(3)4/h1-5H3. The minimum atomic E-state index is -0.0145. The molecule has 0 saturated carbocycles. The van der Waals surface area contributed by atoms with Gasteiger partial charge in [0, 0.05) is 35.1 Å². The van der Waals surface area contributed by atoms with Gasteiger partial charge in [0.2, 0.25) is 11.9 Å². The predicted molar refractivity (Wildman–Crippen MR) is 45.5 cm³/mol. The van der Waals surface area contributed by atoms with Crippen molar-refractivity contribution in [3.8, 4) is 0 Å². The molecule has 4 heteroatoms. The highest BCUT2D eigenvalue weighted by Crippen LogP contribution is 1.91. The molecule has 0 N–H and O–H groups in total. The van der Waals surface area contributed by atoms with E-state index in [0.29, 0.717) is 5.96 Å². The number of amides is 1. The summed E-state index contributed by atoms with van der Waals surface area (Å²) in [7, 11) is 7.06. The number of carbonyl (C=O) groups excluding carboxylic acids is 1. The Labute approximate surface area is 67.5 Å². The molecule has 1 amide bonds. The lowest BCUT2D eigenvalue weighted by Gasteiger charge is -2.23. The molecular formula is C7H15N3O. The van der Waals surface area contributed by atoms with Gasteiger partial charge in [-0.25, -0.2) is 0 Å². The number of aliphatic imine (C=N–C) groups is 1. The third kappa shape index (κ3) is 2.57. The minimum absolute atomic E-state index is 0.0145. The van der Waals surface area contributed by atoms with Crippen molar-refractivity contribution in [3.05, 3.63) is 0 Å². The van der Waals surface area contributed by atoms with Crippen molar-refractivity contribution in [3.63, 3.8) is 0 Å². The van der Waals surface area contributed by atoms with Crippen LogP contribution in [0, 0.1) is 0 Å². The van der Waals surface area contributed by atoms with Gasteiger partial charge < -0.3 is 4.90 Å². The van der Waals surface area contributed by atoms with Gasteiger partial charge in [-0.2, -0.15) is 0 Å². The zero-order chi connectivity index (χ0) is 9.02. The smallest absolute Gasteiger partial charge is 0.225 e. The molecule has 0 aromatic rings. The van der Waals surface area contributed by atoms with E-state index in [9.17, 15) is 4.79 Å². The molecule has 4 nitrogen and oxygen atoms in total. The van der Waals surface area contributed by atoms with Gasteiger partial charge in [-0.1, -0.05) is 0 Å². The maximum Gasteiger partial charge on any atom is 0.225 e. The Hall–Kier alpha value is -1.06. The van der Waals surface area contributed by atoms with Crippen LogP contribution in [0.25, 0.3) is 0 Å². The maximum atomic E-state index is 10.9. The topological polar surface area (TPSA) is 35.9 Å². The number of guanidine groups is 1. The lowest BCUT2D eigenvalue weighted by Crippen LogP contribution is -2.40. The van der Waals surface area contributed by atoms with E-state index in [-0.39, 0.29) is 5.91 Å². The largest absolute Gasteiger partial charge is 0.349 e. The number of rotatable bonds is 0. The summed E-state index contributed by atoms with van der Waals surface area (Å²) >= 11 is 0. The molecule has 0 aliphatic rings. The highest BCUT2D eigenvalue weighted by molar-refractivity contribution is 5.95. The fourth-order valence-corrected chi connectivity index (χ4v) is 0.791.